The Morgan fingerprint density at radius 1 is 1.50 bits per heavy atom. The molecule has 2 unspecified atom stereocenters. The zero-order chi connectivity index (χ0) is 13.8. The number of ether oxygens (including phenoxy) is 1. The van der Waals surface area contributed by atoms with Gasteiger partial charge in [0, 0.05) is 5.92 Å². The van der Waals surface area contributed by atoms with Crippen molar-refractivity contribution in [3.8, 4) is 0 Å². The first-order chi connectivity index (χ1) is 8.33. The summed E-state index contributed by atoms with van der Waals surface area (Å²) in [6.07, 6.45) is 1.69. The van der Waals surface area contributed by atoms with Crippen molar-refractivity contribution >= 4 is 12.4 Å². The molecule has 18 heavy (non-hydrogen) atoms. The molecule has 5 heteroatoms. The Morgan fingerprint density at radius 3 is 2.61 bits per heavy atom. The third kappa shape index (κ3) is 4.24. The van der Waals surface area contributed by atoms with E-state index in [2.05, 4.69) is 5.32 Å². The summed E-state index contributed by atoms with van der Waals surface area (Å²) in [6.45, 7) is 7.03. The van der Waals surface area contributed by atoms with Crippen molar-refractivity contribution in [2.45, 2.75) is 39.3 Å². The smallest absolute Gasteiger partial charge is 0.408 e. The number of furan rings is 1. The standard InChI is InChI=1S/C13H19NO4/c1-9(8-15)11(10-6-5-7-17-10)14-12(16)18-13(2,3)4/h5-9,11H,1-4H3,(H,14,16). The van der Waals surface area contributed by atoms with Crippen molar-refractivity contribution in [2.75, 3.05) is 0 Å². The van der Waals surface area contributed by atoms with Crippen LogP contribution in [0.15, 0.2) is 22.8 Å². The normalized spacial score (nSPS) is 14.7. The Balaban J connectivity index is 2.74. The molecule has 1 amide bonds. The third-order valence-electron chi connectivity index (χ3n) is 2.26. The number of hydrogen-bond acceptors (Lipinski definition) is 4. The molecule has 0 saturated heterocycles. The van der Waals surface area contributed by atoms with Crippen LogP contribution in [0.1, 0.15) is 39.5 Å². The number of nitrogens with one attached hydrogen (secondary N) is 1. The van der Waals surface area contributed by atoms with E-state index in [-0.39, 0.29) is 0 Å². The van der Waals surface area contributed by atoms with Gasteiger partial charge in [-0.1, -0.05) is 6.92 Å². The van der Waals surface area contributed by atoms with Crippen LogP contribution in [0, 0.1) is 5.92 Å². The summed E-state index contributed by atoms with van der Waals surface area (Å²) in [5.41, 5.74) is -0.581. The Hall–Kier alpha value is -1.78. The Bertz CT molecular complexity index is 392. The number of amides is 1. The largest absolute Gasteiger partial charge is 0.467 e. The van der Waals surface area contributed by atoms with Crippen molar-refractivity contribution in [1.82, 2.24) is 5.32 Å². The first kappa shape index (κ1) is 14.3. The molecule has 0 aromatic carbocycles. The van der Waals surface area contributed by atoms with Gasteiger partial charge in [0.1, 0.15) is 17.6 Å². The lowest BCUT2D eigenvalue weighted by molar-refractivity contribution is -0.111. The third-order valence-corrected chi connectivity index (χ3v) is 2.26. The van der Waals surface area contributed by atoms with E-state index in [1.54, 1.807) is 39.8 Å². The highest BCUT2D eigenvalue weighted by Gasteiger charge is 2.26. The average molecular weight is 253 g/mol. The van der Waals surface area contributed by atoms with Crippen LogP contribution in [0.3, 0.4) is 0 Å². The lowest BCUT2D eigenvalue weighted by atomic mass is 10.0. The molecule has 1 N–H and O–H groups in total. The van der Waals surface area contributed by atoms with E-state index in [1.807, 2.05) is 0 Å². The predicted octanol–water partition coefficient (Wildman–Crippen LogP) is 2.68. The van der Waals surface area contributed by atoms with Crippen LogP contribution >= 0.6 is 0 Å². The molecule has 0 bridgehead atoms. The molecule has 0 fully saturated rings. The zero-order valence-corrected chi connectivity index (χ0v) is 11.1. The number of carbonyl (C=O) groups is 2. The zero-order valence-electron chi connectivity index (χ0n) is 11.1. The van der Waals surface area contributed by atoms with E-state index in [9.17, 15) is 9.59 Å². The summed E-state index contributed by atoms with van der Waals surface area (Å²) in [5, 5.41) is 2.64. The quantitative estimate of drug-likeness (QED) is 0.837. The molecule has 0 radical (unpaired) electrons. The number of aldehydes is 1. The van der Waals surface area contributed by atoms with Gasteiger partial charge in [-0.15, -0.1) is 0 Å². The molecule has 2 atom stereocenters. The van der Waals surface area contributed by atoms with E-state index in [0.717, 1.165) is 6.29 Å². The Kier molecular flexibility index (Phi) is 4.53. The first-order valence-electron chi connectivity index (χ1n) is 5.81. The van der Waals surface area contributed by atoms with Crippen molar-refractivity contribution in [3.05, 3.63) is 24.2 Å². The topological polar surface area (TPSA) is 68.5 Å². The van der Waals surface area contributed by atoms with Crippen molar-refractivity contribution in [1.29, 1.82) is 0 Å². The summed E-state index contributed by atoms with van der Waals surface area (Å²) in [4.78, 5) is 22.6. The molecule has 1 aromatic heterocycles. The van der Waals surface area contributed by atoms with Crippen LogP contribution in [-0.2, 0) is 9.53 Å². The summed E-state index contributed by atoms with van der Waals surface area (Å²) in [7, 11) is 0. The second-order valence-corrected chi connectivity index (χ2v) is 5.13. The predicted molar refractivity (Wildman–Crippen MR) is 66.0 cm³/mol. The summed E-state index contributed by atoms with van der Waals surface area (Å²) in [6, 6.07) is 2.89. The second-order valence-electron chi connectivity index (χ2n) is 5.13. The molecule has 1 heterocycles. The maximum atomic E-state index is 11.7. The van der Waals surface area contributed by atoms with Gasteiger partial charge in [-0.25, -0.2) is 4.79 Å². The van der Waals surface area contributed by atoms with Gasteiger partial charge in [-0.3, -0.25) is 0 Å². The number of alkyl carbamates (subject to hydrolysis) is 1. The van der Waals surface area contributed by atoms with Gasteiger partial charge < -0.3 is 19.3 Å². The van der Waals surface area contributed by atoms with Gasteiger partial charge >= 0.3 is 6.09 Å². The molecule has 0 aliphatic carbocycles. The van der Waals surface area contributed by atoms with E-state index in [1.165, 1.54) is 6.26 Å². The van der Waals surface area contributed by atoms with Crippen LogP contribution in [0.5, 0.6) is 0 Å². The fraction of sp³-hybridized carbons (Fsp3) is 0.538. The van der Waals surface area contributed by atoms with Gasteiger partial charge in [0.15, 0.2) is 0 Å². The van der Waals surface area contributed by atoms with E-state index < -0.39 is 23.7 Å². The fourth-order valence-corrected chi connectivity index (χ4v) is 1.44. The number of hydrogen-bond donors (Lipinski definition) is 1. The Labute approximate surface area is 106 Å². The maximum Gasteiger partial charge on any atom is 0.408 e. The van der Waals surface area contributed by atoms with Crippen LogP contribution in [0.4, 0.5) is 4.79 Å². The Morgan fingerprint density at radius 2 is 2.17 bits per heavy atom. The molecule has 1 rings (SSSR count). The fourth-order valence-electron chi connectivity index (χ4n) is 1.44. The first-order valence-corrected chi connectivity index (χ1v) is 5.81. The lowest BCUT2D eigenvalue weighted by Gasteiger charge is -2.24. The summed E-state index contributed by atoms with van der Waals surface area (Å²) in [5.74, 6) is 0.129. The minimum Gasteiger partial charge on any atom is -0.467 e. The lowest BCUT2D eigenvalue weighted by Crippen LogP contribution is -2.37. The van der Waals surface area contributed by atoms with Crippen molar-refractivity contribution < 1.29 is 18.7 Å². The number of carbonyl (C=O) groups excluding carboxylic acids is 2. The molecule has 1 aromatic rings. The van der Waals surface area contributed by atoms with Crippen LogP contribution in [0.2, 0.25) is 0 Å². The molecular formula is C13H19NO4. The minimum atomic E-state index is -0.581. The van der Waals surface area contributed by atoms with E-state index in [4.69, 9.17) is 9.15 Å². The maximum absolute atomic E-state index is 11.7. The number of rotatable bonds is 4. The molecule has 0 aliphatic rings. The SMILES string of the molecule is CC(C=O)C(NC(=O)OC(C)(C)C)c1ccco1. The second kappa shape index (κ2) is 5.71. The van der Waals surface area contributed by atoms with Crippen LogP contribution in [0.25, 0.3) is 0 Å². The highest BCUT2D eigenvalue weighted by molar-refractivity contribution is 5.69. The monoisotopic (exact) mass is 253 g/mol. The highest BCUT2D eigenvalue weighted by atomic mass is 16.6. The molecule has 5 nitrogen and oxygen atoms in total. The highest BCUT2D eigenvalue weighted by Crippen LogP contribution is 2.21. The van der Waals surface area contributed by atoms with Gasteiger partial charge in [0.2, 0.25) is 0 Å². The van der Waals surface area contributed by atoms with Gasteiger partial charge in [0.05, 0.1) is 12.3 Å². The van der Waals surface area contributed by atoms with Gasteiger partial charge in [-0.2, -0.15) is 0 Å². The average Bonchev–Trinajstić information content (AvgIpc) is 2.75. The summed E-state index contributed by atoms with van der Waals surface area (Å²) < 4.78 is 10.4. The summed E-state index contributed by atoms with van der Waals surface area (Å²) >= 11 is 0. The minimum absolute atomic E-state index is 0.399. The molecule has 0 saturated carbocycles. The van der Waals surface area contributed by atoms with Gasteiger partial charge in [0.25, 0.3) is 0 Å². The van der Waals surface area contributed by atoms with E-state index >= 15 is 0 Å². The van der Waals surface area contributed by atoms with Crippen molar-refractivity contribution in [2.24, 2.45) is 5.92 Å². The molecular weight excluding hydrogens is 234 g/mol. The van der Waals surface area contributed by atoms with Crippen LogP contribution < -0.4 is 5.32 Å². The molecule has 0 aliphatic heterocycles. The molecule has 0 spiro atoms. The van der Waals surface area contributed by atoms with Crippen molar-refractivity contribution in [3.63, 3.8) is 0 Å². The molecule has 100 valence electrons. The van der Waals surface area contributed by atoms with Gasteiger partial charge in [-0.05, 0) is 32.9 Å². The van der Waals surface area contributed by atoms with E-state index in [0.29, 0.717) is 5.76 Å². The van der Waals surface area contributed by atoms with Crippen LogP contribution in [-0.4, -0.2) is 18.0 Å².